The van der Waals surface area contributed by atoms with Crippen molar-refractivity contribution >= 4 is 5.97 Å². The zero-order valence-corrected chi connectivity index (χ0v) is 31.5. The van der Waals surface area contributed by atoms with E-state index in [1.54, 1.807) is 13.8 Å². The Balaban J connectivity index is 1.09. The number of ether oxygens (including phenoxy) is 4. The number of carbonyl (C=O) groups is 1. The van der Waals surface area contributed by atoms with Crippen LogP contribution in [-0.2, 0) is 23.7 Å². The summed E-state index contributed by atoms with van der Waals surface area (Å²) in [4.78, 5) is 13.9. The Morgan fingerprint density at radius 3 is 2.38 bits per heavy atom. The van der Waals surface area contributed by atoms with Crippen molar-refractivity contribution in [1.82, 2.24) is 4.90 Å². The highest BCUT2D eigenvalue weighted by molar-refractivity contribution is 5.66. The van der Waals surface area contributed by atoms with Crippen molar-refractivity contribution in [1.29, 1.82) is 0 Å². The Kier molecular flexibility index (Phi) is 8.97. The molecule has 11 heteroatoms. The molecule has 2 N–H and O–H groups in total. The van der Waals surface area contributed by atoms with E-state index in [1.807, 2.05) is 4.90 Å². The van der Waals surface area contributed by atoms with Crippen LogP contribution in [0.4, 0.5) is 13.2 Å². The quantitative estimate of drug-likeness (QED) is 0.289. The minimum atomic E-state index is -4.17. The van der Waals surface area contributed by atoms with Crippen LogP contribution in [0.25, 0.3) is 0 Å². The molecule has 2 spiro atoms. The second kappa shape index (κ2) is 12.0. The first kappa shape index (κ1) is 37.3. The number of carbonyl (C=O) groups excluding carboxylic acids is 1. The second-order valence-electron chi connectivity index (χ2n) is 19.3. The summed E-state index contributed by atoms with van der Waals surface area (Å²) in [6, 6.07) is 0. The maximum absolute atomic E-state index is 12.9. The Hall–Kier alpha value is -0.980. The lowest BCUT2D eigenvalue weighted by Gasteiger charge is -2.64. The number of rotatable bonds is 7. The molecule has 0 aromatic carbocycles. The summed E-state index contributed by atoms with van der Waals surface area (Å²) in [5.41, 5.74) is -1.53. The van der Waals surface area contributed by atoms with E-state index in [-0.39, 0.29) is 51.6 Å². The van der Waals surface area contributed by atoms with Crippen molar-refractivity contribution in [3.8, 4) is 0 Å². The van der Waals surface area contributed by atoms with Crippen LogP contribution in [-0.4, -0.2) is 95.9 Å². The van der Waals surface area contributed by atoms with Crippen LogP contribution in [0, 0.1) is 50.7 Å². The summed E-state index contributed by atoms with van der Waals surface area (Å²) in [7, 11) is 0. The summed E-state index contributed by atoms with van der Waals surface area (Å²) in [6.45, 7) is 17.5. The highest BCUT2D eigenvalue weighted by Crippen LogP contribution is 2.89. The number of nitrogens with zero attached hydrogens (tertiary/aromatic N) is 1. The minimum absolute atomic E-state index is 0.0294. The van der Waals surface area contributed by atoms with Crippen LogP contribution in [0.15, 0.2) is 0 Å². The van der Waals surface area contributed by atoms with Crippen LogP contribution < -0.4 is 0 Å². The van der Waals surface area contributed by atoms with Crippen LogP contribution >= 0.6 is 0 Å². The number of aliphatic hydroxyl groups excluding tert-OH is 1. The van der Waals surface area contributed by atoms with E-state index in [1.165, 1.54) is 13.3 Å². The maximum Gasteiger partial charge on any atom is 0.390 e. The van der Waals surface area contributed by atoms with Gasteiger partial charge >= 0.3 is 12.1 Å². The van der Waals surface area contributed by atoms with Gasteiger partial charge in [0.1, 0.15) is 0 Å². The number of halogens is 3. The smallest absolute Gasteiger partial charge is 0.390 e. The largest absolute Gasteiger partial charge is 0.457 e. The SMILES string of the molecule is CC(=O)OC(C1CC(C)C2C(O1)C(O)C1(C)C3CCC4C(C)(C)C(OC5CN(CCC(F)(F)F)CCO5)CCC45CC35CCC21C)C(C)(C)O. The van der Waals surface area contributed by atoms with Gasteiger partial charge in [0.05, 0.1) is 43.0 Å². The number of fused-ring (bicyclic) bond motifs is 4. The highest BCUT2D eigenvalue weighted by Gasteiger charge is 2.84. The van der Waals surface area contributed by atoms with Gasteiger partial charge in [-0.05, 0) is 111 Å². The Morgan fingerprint density at radius 1 is 1.04 bits per heavy atom. The van der Waals surface area contributed by atoms with Gasteiger partial charge in [-0.25, -0.2) is 0 Å². The molecule has 0 aromatic heterocycles. The molecule has 286 valence electrons. The van der Waals surface area contributed by atoms with Crippen LogP contribution in [0.5, 0.6) is 0 Å². The van der Waals surface area contributed by atoms with Crippen LogP contribution in [0.2, 0.25) is 0 Å². The van der Waals surface area contributed by atoms with Crippen molar-refractivity contribution in [2.45, 2.75) is 162 Å². The van der Waals surface area contributed by atoms with Gasteiger partial charge in [0.15, 0.2) is 12.4 Å². The Labute approximate surface area is 296 Å². The van der Waals surface area contributed by atoms with Crippen molar-refractivity contribution in [2.75, 3.05) is 26.2 Å². The zero-order valence-electron chi connectivity index (χ0n) is 31.5. The predicted molar refractivity (Wildman–Crippen MR) is 180 cm³/mol. The summed E-state index contributed by atoms with van der Waals surface area (Å²) >= 11 is 0. The fraction of sp³-hybridized carbons (Fsp3) is 0.974. The van der Waals surface area contributed by atoms with Gasteiger partial charge in [-0.1, -0.05) is 34.6 Å². The molecule has 7 aliphatic rings. The van der Waals surface area contributed by atoms with E-state index in [0.717, 1.165) is 38.5 Å². The third-order valence-corrected chi connectivity index (χ3v) is 16.2. The molecule has 5 saturated carbocycles. The van der Waals surface area contributed by atoms with Gasteiger partial charge in [0, 0.05) is 32.0 Å². The molecule has 14 atom stereocenters. The molecule has 7 rings (SSSR count). The number of aliphatic hydroxyl groups is 2. The lowest BCUT2D eigenvalue weighted by molar-refractivity contribution is -0.250. The van der Waals surface area contributed by atoms with E-state index in [2.05, 4.69) is 34.6 Å². The fourth-order valence-corrected chi connectivity index (χ4v) is 14.0. The predicted octanol–water partition coefficient (Wildman–Crippen LogP) is 6.50. The second-order valence-corrected chi connectivity index (χ2v) is 19.3. The lowest BCUT2D eigenvalue weighted by atomic mass is 9.41. The third-order valence-electron chi connectivity index (χ3n) is 16.2. The first-order valence-electron chi connectivity index (χ1n) is 19.4. The molecular weight excluding hydrogens is 651 g/mol. The van der Waals surface area contributed by atoms with Gasteiger partial charge < -0.3 is 29.2 Å². The average Bonchev–Trinajstić information content (AvgIpc) is 3.64. The van der Waals surface area contributed by atoms with Crippen molar-refractivity contribution in [3.05, 3.63) is 0 Å². The Morgan fingerprint density at radius 2 is 1.72 bits per heavy atom. The molecule has 2 saturated heterocycles. The van der Waals surface area contributed by atoms with E-state index in [4.69, 9.17) is 18.9 Å². The van der Waals surface area contributed by atoms with Gasteiger partial charge in [0.2, 0.25) is 0 Å². The third kappa shape index (κ3) is 5.46. The number of hydrogen-bond donors (Lipinski definition) is 2. The first-order valence-corrected chi connectivity index (χ1v) is 19.4. The van der Waals surface area contributed by atoms with E-state index in [0.29, 0.717) is 38.0 Å². The van der Waals surface area contributed by atoms with Crippen molar-refractivity contribution in [2.24, 2.45) is 50.7 Å². The number of hydrogen-bond acceptors (Lipinski definition) is 8. The number of morpholine rings is 1. The van der Waals surface area contributed by atoms with Gasteiger partial charge in [-0.3, -0.25) is 9.69 Å². The first-order chi connectivity index (χ1) is 23.1. The number of esters is 1. The molecule has 2 heterocycles. The summed E-state index contributed by atoms with van der Waals surface area (Å²) in [5, 5.41) is 23.6. The molecule has 5 aliphatic carbocycles. The van der Waals surface area contributed by atoms with Crippen molar-refractivity contribution in [3.63, 3.8) is 0 Å². The molecule has 50 heavy (non-hydrogen) atoms. The average molecular weight is 714 g/mol. The molecule has 0 bridgehead atoms. The summed E-state index contributed by atoms with van der Waals surface area (Å²) < 4.78 is 63.9. The van der Waals surface area contributed by atoms with Crippen LogP contribution in [0.1, 0.15) is 113 Å². The lowest BCUT2D eigenvalue weighted by Crippen LogP contribution is -2.60. The van der Waals surface area contributed by atoms with Gasteiger partial charge in [-0.2, -0.15) is 13.2 Å². The minimum Gasteiger partial charge on any atom is -0.457 e. The van der Waals surface area contributed by atoms with E-state index in [9.17, 15) is 28.2 Å². The molecule has 0 radical (unpaired) electrons. The molecule has 2 aliphatic heterocycles. The fourth-order valence-electron chi connectivity index (χ4n) is 14.0. The van der Waals surface area contributed by atoms with E-state index >= 15 is 0 Å². The molecular formula is C39H62F3NO7. The van der Waals surface area contributed by atoms with Crippen molar-refractivity contribution < 1.29 is 47.1 Å². The monoisotopic (exact) mass is 713 g/mol. The Bertz CT molecular complexity index is 1320. The van der Waals surface area contributed by atoms with Gasteiger partial charge in [0.25, 0.3) is 0 Å². The molecule has 14 unspecified atom stereocenters. The highest BCUT2D eigenvalue weighted by atomic mass is 19.4. The topological polar surface area (TPSA) is 97.7 Å². The molecule has 7 fully saturated rings. The summed E-state index contributed by atoms with van der Waals surface area (Å²) in [6.07, 6.45) is 0.131. The maximum atomic E-state index is 12.9. The zero-order chi connectivity index (χ0) is 36.4. The van der Waals surface area contributed by atoms with E-state index < -0.39 is 54.9 Å². The van der Waals surface area contributed by atoms with Crippen LogP contribution in [0.3, 0.4) is 0 Å². The molecule has 0 amide bonds. The normalized spacial score (nSPS) is 49.1. The standard InChI is InChI=1S/C39H62F3NO7/c1-22-19-24(32(34(5,6)46)48-23(2)44)49-30-29(22)35(7)13-14-38-21-37(38)12-11-27(50-28-20-43(17-18-47-28)16-15-39(40,41)42)33(3,4)25(37)9-10-26(38)36(35,8)31(30)45/h22,24-32,45-46H,9-21H2,1-8H3. The summed E-state index contributed by atoms with van der Waals surface area (Å²) in [5.74, 6) is 0.743. The van der Waals surface area contributed by atoms with Gasteiger partial charge in [-0.15, -0.1) is 0 Å². The molecule has 8 nitrogen and oxygen atoms in total. The number of alkyl halides is 3. The molecule has 0 aromatic rings.